The van der Waals surface area contributed by atoms with Gasteiger partial charge in [-0.05, 0) is 24.1 Å². The van der Waals surface area contributed by atoms with Crippen molar-refractivity contribution in [3.8, 4) is 5.75 Å². The van der Waals surface area contributed by atoms with Crippen LogP contribution < -0.4 is 5.11 Å². The van der Waals surface area contributed by atoms with Gasteiger partial charge in [0.1, 0.15) is 10.1 Å². The molecule has 2 rings (SSSR count). The number of aromatic hydroxyl groups is 1. The molecule has 0 bridgehead atoms. The van der Waals surface area contributed by atoms with Crippen molar-refractivity contribution in [2.24, 2.45) is 0 Å². The number of amides is 1. The minimum absolute atomic E-state index is 0.0923. The van der Waals surface area contributed by atoms with Crippen molar-refractivity contribution in [3.05, 3.63) is 29.8 Å². The summed E-state index contributed by atoms with van der Waals surface area (Å²) in [5.74, 6) is -1.40. The van der Waals surface area contributed by atoms with Crippen LogP contribution in [0.5, 0.6) is 5.75 Å². The van der Waals surface area contributed by atoms with Crippen LogP contribution in [0.2, 0.25) is 0 Å². The molecule has 0 spiro atoms. The number of rotatable bonds is 4. The third-order valence-corrected chi connectivity index (χ3v) is 4.12. The van der Waals surface area contributed by atoms with Crippen molar-refractivity contribution in [3.63, 3.8) is 0 Å². The fraction of sp³-hybridized carbons (Fsp3) is 0.250. The van der Waals surface area contributed by atoms with E-state index in [4.69, 9.17) is 12.2 Å². The summed E-state index contributed by atoms with van der Waals surface area (Å²) in [4.78, 5) is 24.0. The zero-order valence-electron chi connectivity index (χ0n) is 9.74. The van der Waals surface area contributed by atoms with Crippen molar-refractivity contribution in [2.45, 2.75) is 12.5 Å². The Balaban J connectivity index is 2.21. The Hall–Kier alpha value is -1.60. The molecule has 100 valence electrons. The lowest BCUT2D eigenvalue weighted by Crippen LogP contribution is -2.51. The molecule has 1 fully saturated rings. The molecule has 1 aliphatic rings. The highest BCUT2D eigenvalue weighted by molar-refractivity contribution is 8.23. The second-order valence-corrected chi connectivity index (χ2v) is 5.63. The molecule has 0 aliphatic carbocycles. The van der Waals surface area contributed by atoms with Gasteiger partial charge in [-0.3, -0.25) is 9.69 Å². The predicted molar refractivity (Wildman–Crippen MR) is 72.5 cm³/mol. The van der Waals surface area contributed by atoms with Gasteiger partial charge in [0.05, 0.1) is 17.8 Å². The van der Waals surface area contributed by atoms with Crippen LogP contribution in [0.1, 0.15) is 5.56 Å². The molecule has 1 aromatic carbocycles. The number of carbonyl (C=O) groups is 2. The molecule has 5 nitrogen and oxygen atoms in total. The van der Waals surface area contributed by atoms with Crippen molar-refractivity contribution in [1.82, 2.24) is 4.90 Å². The first kappa shape index (κ1) is 13.8. The number of thiocarbonyl (C=S) groups is 1. The van der Waals surface area contributed by atoms with E-state index >= 15 is 0 Å². The Morgan fingerprint density at radius 3 is 2.58 bits per heavy atom. The average molecular weight is 296 g/mol. The molecule has 1 atom stereocenters. The van der Waals surface area contributed by atoms with Crippen LogP contribution >= 0.6 is 24.0 Å². The maximum Gasteiger partial charge on any atom is 0.239 e. The van der Waals surface area contributed by atoms with Crippen molar-refractivity contribution in [1.29, 1.82) is 0 Å². The van der Waals surface area contributed by atoms with Crippen LogP contribution in [-0.2, 0) is 16.0 Å². The van der Waals surface area contributed by atoms with E-state index in [0.717, 1.165) is 16.7 Å². The van der Waals surface area contributed by atoms with E-state index in [-0.39, 0.29) is 28.2 Å². The quantitative estimate of drug-likeness (QED) is 0.782. The van der Waals surface area contributed by atoms with Crippen LogP contribution in [0.15, 0.2) is 24.3 Å². The summed E-state index contributed by atoms with van der Waals surface area (Å²) < 4.78 is 0.262. The SMILES string of the molecule is O=C([O-])[C@@H](Cc1ccc(O)cc1)N1C(=O)CSC1=S. The van der Waals surface area contributed by atoms with Gasteiger partial charge in [0.15, 0.2) is 0 Å². The largest absolute Gasteiger partial charge is 0.548 e. The topological polar surface area (TPSA) is 80.7 Å². The maximum atomic E-state index is 11.7. The minimum atomic E-state index is -1.34. The van der Waals surface area contributed by atoms with E-state index in [1.165, 1.54) is 12.1 Å². The van der Waals surface area contributed by atoms with Crippen LogP contribution in [0.4, 0.5) is 0 Å². The number of hydrogen-bond donors (Lipinski definition) is 1. The first-order valence-electron chi connectivity index (χ1n) is 5.46. The minimum Gasteiger partial charge on any atom is -0.548 e. The van der Waals surface area contributed by atoms with E-state index in [9.17, 15) is 19.8 Å². The number of carboxylic acid groups (broad SMARTS) is 1. The summed E-state index contributed by atoms with van der Waals surface area (Å²) in [5.41, 5.74) is 0.680. The standard InChI is InChI=1S/C12H11NO4S2/c14-8-3-1-7(2-4-8)5-9(11(16)17)13-10(15)6-19-12(13)18/h1-4,9,14H,5-6H2,(H,16,17)/p-1/t9-/m1/s1. The van der Waals surface area contributed by atoms with E-state index in [1.807, 2.05) is 0 Å². The number of hydrogen-bond acceptors (Lipinski definition) is 6. The van der Waals surface area contributed by atoms with Gasteiger partial charge in [0.25, 0.3) is 0 Å². The normalized spacial score (nSPS) is 16.7. The fourth-order valence-electron chi connectivity index (χ4n) is 1.80. The molecule has 1 aromatic rings. The first-order valence-corrected chi connectivity index (χ1v) is 6.86. The molecular formula is C12H10NO4S2-. The molecule has 0 radical (unpaired) electrons. The summed E-state index contributed by atoms with van der Waals surface area (Å²) in [6, 6.07) is 5.00. The Labute approximate surface area is 119 Å². The molecule has 19 heavy (non-hydrogen) atoms. The van der Waals surface area contributed by atoms with Gasteiger partial charge >= 0.3 is 0 Å². The molecule has 1 saturated heterocycles. The van der Waals surface area contributed by atoms with Gasteiger partial charge in [-0.15, -0.1) is 0 Å². The molecular weight excluding hydrogens is 286 g/mol. The summed E-state index contributed by atoms with van der Waals surface area (Å²) in [6.45, 7) is 0. The number of aliphatic carboxylic acids is 1. The van der Waals surface area contributed by atoms with E-state index < -0.39 is 12.0 Å². The van der Waals surface area contributed by atoms with E-state index in [2.05, 4.69) is 0 Å². The molecule has 0 saturated carbocycles. The molecule has 0 unspecified atom stereocenters. The van der Waals surface area contributed by atoms with E-state index in [0.29, 0.717) is 5.56 Å². The van der Waals surface area contributed by atoms with Crippen molar-refractivity contribution < 1.29 is 19.8 Å². The number of carbonyl (C=O) groups excluding carboxylic acids is 2. The monoisotopic (exact) mass is 296 g/mol. The Morgan fingerprint density at radius 2 is 2.11 bits per heavy atom. The molecule has 1 heterocycles. The van der Waals surface area contributed by atoms with Crippen LogP contribution in [0.3, 0.4) is 0 Å². The van der Waals surface area contributed by atoms with Crippen LogP contribution in [-0.4, -0.2) is 38.0 Å². The highest BCUT2D eigenvalue weighted by Crippen LogP contribution is 2.24. The Kier molecular flexibility index (Phi) is 4.06. The smallest absolute Gasteiger partial charge is 0.239 e. The van der Waals surface area contributed by atoms with Crippen molar-refractivity contribution >= 4 is 40.2 Å². The number of carboxylic acids is 1. The maximum absolute atomic E-state index is 11.7. The summed E-state index contributed by atoms with van der Waals surface area (Å²) in [6.07, 6.45) is 0.0923. The molecule has 1 N–H and O–H groups in total. The molecule has 1 amide bonds. The highest BCUT2D eigenvalue weighted by atomic mass is 32.2. The van der Waals surface area contributed by atoms with Gasteiger partial charge in [0.2, 0.25) is 5.91 Å². The Morgan fingerprint density at radius 1 is 1.47 bits per heavy atom. The first-order chi connectivity index (χ1) is 8.99. The lowest BCUT2D eigenvalue weighted by atomic mass is 10.0. The fourth-order valence-corrected chi connectivity index (χ4v) is 2.96. The molecule has 1 aliphatic heterocycles. The van der Waals surface area contributed by atoms with Crippen LogP contribution in [0, 0.1) is 0 Å². The predicted octanol–water partition coefficient (Wildman–Crippen LogP) is -0.0865. The second kappa shape index (κ2) is 5.58. The van der Waals surface area contributed by atoms with Gasteiger partial charge in [-0.2, -0.15) is 0 Å². The zero-order valence-corrected chi connectivity index (χ0v) is 11.4. The van der Waals surface area contributed by atoms with Crippen LogP contribution in [0.25, 0.3) is 0 Å². The number of phenolic OH excluding ortho intramolecular Hbond substituents is 1. The lowest BCUT2D eigenvalue weighted by molar-refractivity contribution is -0.310. The lowest BCUT2D eigenvalue weighted by Gasteiger charge is -2.28. The number of benzene rings is 1. The summed E-state index contributed by atoms with van der Waals surface area (Å²) in [7, 11) is 0. The van der Waals surface area contributed by atoms with Gasteiger partial charge in [0, 0.05) is 0 Å². The Bertz CT molecular complexity index is 513. The second-order valence-electron chi connectivity index (χ2n) is 4.02. The zero-order chi connectivity index (χ0) is 14.0. The van der Waals surface area contributed by atoms with Gasteiger partial charge in [-0.1, -0.05) is 36.1 Å². The highest BCUT2D eigenvalue weighted by Gasteiger charge is 2.33. The molecule has 0 aromatic heterocycles. The number of thioether (sulfide) groups is 1. The molecule has 7 heteroatoms. The third kappa shape index (κ3) is 3.05. The van der Waals surface area contributed by atoms with Gasteiger partial charge in [-0.25, -0.2) is 0 Å². The van der Waals surface area contributed by atoms with Gasteiger partial charge < -0.3 is 15.0 Å². The summed E-state index contributed by atoms with van der Waals surface area (Å²) in [5, 5.41) is 20.4. The number of nitrogens with zero attached hydrogens (tertiary/aromatic N) is 1. The summed E-state index contributed by atoms with van der Waals surface area (Å²) >= 11 is 6.14. The number of phenols is 1. The average Bonchev–Trinajstić information content (AvgIpc) is 2.68. The van der Waals surface area contributed by atoms with E-state index in [1.54, 1.807) is 12.1 Å². The van der Waals surface area contributed by atoms with Crippen molar-refractivity contribution in [2.75, 3.05) is 5.75 Å². The third-order valence-electron chi connectivity index (χ3n) is 2.73.